The average Bonchev–Trinajstić information content (AvgIpc) is 2.63. The molecule has 0 aliphatic carbocycles. The Hall–Kier alpha value is -3.68. The number of carbonyl (C=O) groups is 1. The van der Waals surface area contributed by atoms with Crippen LogP contribution in [0.3, 0.4) is 0 Å². The van der Waals surface area contributed by atoms with Crippen molar-refractivity contribution in [2.24, 2.45) is 0 Å². The van der Waals surface area contributed by atoms with E-state index in [1.54, 1.807) is 38.1 Å². The Bertz CT molecular complexity index is 1150. The van der Waals surface area contributed by atoms with Crippen molar-refractivity contribution >= 4 is 28.3 Å². The molecule has 8 heteroatoms. The van der Waals surface area contributed by atoms with Crippen molar-refractivity contribution in [1.82, 2.24) is 0 Å². The van der Waals surface area contributed by atoms with Crippen LogP contribution >= 0.6 is 0 Å². The monoisotopic (exact) mass is 382 g/mol. The minimum absolute atomic E-state index is 0.0480. The standard InChI is InChI=1S/C20H18N2O6/c1-4-27-14-6-5-13-9-15(20(24)28-17(13)10-14)19(23)21-18-12(3)7-11(2)8-16(18)22(25)26/h5-10H,4H2,1-3H3,(H,21,23). The number of rotatable bonds is 5. The molecule has 0 saturated heterocycles. The quantitative estimate of drug-likeness (QED) is 0.406. The highest BCUT2D eigenvalue weighted by molar-refractivity contribution is 6.07. The van der Waals surface area contributed by atoms with E-state index >= 15 is 0 Å². The number of ether oxygens (including phenoxy) is 1. The molecule has 28 heavy (non-hydrogen) atoms. The lowest BCUT2D eigenvalue weighted by atomic mass is 10.1. The lowest BCUT2D eigenvalue weighted by Crippen LogP contribution is -2.21. The van der Waals surface area contributed by atoms with E-state index in [9.17, 15) is 19.7 Å². The Morgan fingerprint density at radius 2 is 1.96 bits per heavy atom. The van der Waals surface area contributed by atoms with Crippen LogP contribution in [0.25, 0.3) is 11.0 Å². The van der Waals surface area contributed by atoms with Gasteiger partial charge < -0.3 is 14.5 Å². The summed E-state index contributed by atoms with van der Waals surface area (Å²) < 4.78 is 10.6. The average molecular weight is 382 g/mol. The van der Waals surface area contributed by atoms with Gasteiger partial charge in [-0.05, 0) is 50.1 Å². The zero-order valence-electron chi connectivity index (χ0n) is 15.6. The van der Waals surface area contributed by atoms with Crippen LogP contribution in [-0.2, 0) is 0 Å². The van der Waals surface area contributed by atoms with Crippen LogP contribution in [0.2, 0.25) is 0 Å². The van der Waals surface area contributed by atoms with Crippen molar-refractivity contribution < 1.29 is 18.9 Å². The molecule has 0 spiro atoms. The summed E-state index contributed by atoms with van der Waals surface area (Å²) in [4.78, 5) is 35.7. The molecule has 2 aromatic carbocycles. The second-order valence-corrected chi connectivity index (χ2v) is 6.27. The van der Waals surface area contributed by atoms with Crippen molar-refractivity contribution in [3.05, 3.63) is 73.6 Å². The highest BCUT2D eigenvalue weighted by atomic mass is 16.6. The molecule has 144 valence electrons. The molecule has 1 heterocycles. The van der Waals surface area contributed by atoms with E-state index in [-0.39, 0.29) is 22.5 Å². The van der Waals surface area contributed by atoms with Gasteiger partial charge in [0.15, 0.2) is 0 Å². The highest BCUT2D eigenvalue weighted by Crippen LogP contribution is 2.30. The zero-order chi connectivity index (χ0) is 20.4. The molecule has 0 fully saturated rings. The number of aryl methyl sites for hydroxylation is 2. The van der Waals surface area contributed by atoms with Crippen LogP contribution < -0.4 is 15.7 Å². The number of nitrogens with one attached hydrogen (secondary N) is 1. The number of hydrogen-bond donors (Lipinski definition) is 1. The van der Waals surface area contributed by atoms with Gasteiger partial charge in [-0.15, -0.1) is 0 Å². The van der Waals surface area contributed by atoms with Crippen LogP contribution in [-0.4, -0.2) is 17.4 Å². The smallest absolute Gasteiger partial charge is 0.349 e. The minimum atomic E-state index is -0.842. The van der Waals surface area contributed by atoms with Crippen LogP contribution in [0, 0.1) is 24.0 Å². The molecule has 8 nitrogen and oxygen atoms in total. The van der Waals surface area contributed by atoms with E-state index in [4.69, 9.17) is 9.15 Å². The molecule has 0 radical (unpaired) electrons. The third kappa shape index (κ3) is 3.71. The van der Waals surface area contributed by atoms with Gasteiger partial charge in [-0.2, -0.15) is 0 Å². The SMILES string of the molecule is CCOc1ccc2cc(C(=O)Nc3c(C)cc(C)cc3[N+](=O)[O-])c(=O)oc2c1. The first-order valence-corrected chi connectivity index (χ1v) is 8.58. The summed E-state index contributed by atoms with van der Waals surface area (Å²) in [6.07, 6.45) is 0. The second-order valence-electron chi connectivity index (χ2n) is 6.27. The van der Waals surface area contributed by atoms with Gasteiger partial charge in [-0.1, -0.05) is 6.07 Å². The highest BCUT2D eigenvalue weighted by Gasteiger charge is 2.22. The van der Waals surface area contributed by atoms with Crippen molar-refractivity contribution in [1.29, 1.82) is 0 Å². The summed E-state index contributed by atoms with van der Waals surface area (Å²) in [6, 6.07) is 9.39. The first-order valence-electron chi connectivity index (χ1n) is 8.58. The van der Waals surface area contributed by atoms with Gasteiger partial charge in [0.1, 0.15) is 22.6 Å². The maximum atomic E-state index is 12.6. The lowest BCUT2D eigenvalue weighted by molar-refractivity contribution is -0.384. The molecule has 3 rings (SSSR count). The third-order valence-electron chi connectivity index (χ3n) is 4.16. The second kappa shape index (κ2) is 7.51. The van der Waals surface area contributed by atoms with Gasteiger partial charge in [0, 0.05) is 17.5 Å². The first kappa shape index (κ1) is 19.1. The summed E-state index contributed by atoms with van der Waals surface area (Å²) >= 11 is 0. The maximum Gasteiger partial charge on any atom is 0.349 e. The predicted molar refractivity (Wildman–Crippen MR) is 104 cm³/mol. The topological polar surface area (TPSA) is 112 Å². The van der Waals surface area contributed by atoms with Gasteiger partial charge in [0.2, 0.25) is 0 Å². The molecule has 1 amide bonds. The van der Waals surface area contributed by atoms with Crippen LogP contribution in [0.1, 0.15) is 28.4 Å². The van der Waals surface area contributed by atoms with Gasteiger partial charge in [-0.25, -0.2) is 4.79 Å². The molecule has 0 aliphatic rings. The Kier molecular flexibility index (Phi) is 5.12. The Labute approximate surface area is 159 Å². The fraction of sp³-hybridized carbons (Fsp3) is 0.200. The molecule has 0 atom stereocenters. The van der Waals surface area contributed by atoms with Crippen LogP contribution in [0.5, 0.6) is 5.75 Å². The fourth-order valence-electron chi connectivity index (χ4n) is 2.94. The maximum absolute atomic E-state index is 12.6. The molecular formula is C20H18N2O6. The molecular weight excluding hydrogens is 364 g/mol. The van der Waals surface area contributed by atoms with E-state index in [1.807, 2.05) is 6.92 Å². The minimum Gasteiger partial charge on any atom is -0.494 e. The fourth-order valence-corrected chi connectivity index (χ4v) is 2.94. The Balaban J connectivity index is 2.01. The van der Waals surface area contributed by atoms with Gasteiger partial charge in [-0.3, -0.25) is 14.9 Å². The number of nitro groups is 1. The summed E-state index contributed by atoms with van der Waals surface area (Å²) in [5, 5.41) is 14.3. The van der Waals surface area contributed by atoms with Crippen molar-refractivity contribution in [2.75, 3.05) is 11.9 Å². The number of benzene rings is 2. The Morgan fingerprint density at radius 3 is 2.64 bits per heavy atom. The van der Waals surface area contributed by atoms with Crippen molar-refractivity contribution in [2.45, 2.75) is 20.8 Å². The predicted octanol–water partition coefficient (Wildman–Crippen LogP) is 3.97. The molecule has 0 aliphatic heterocycles. The molecule has 3 aromatic rings. The largest absolute Gasteiger partial charge is 0.494 e. The Morgan fingerprint density at radius 1 is 1.21 bits per heavy atom. The molecule has 0 saturated carbocycles. The number of anilines is 1. The lowest BCUT2D eigenvalue weighted by Gasteiger charge is -2.10. The van der Waals surface area contributed by atoms with Crippen LogP contribution in [0.4, 0.5) is 11.4 Å². The molecule has 0 bridgehead atoms. The van der Waals surface area contributed by atoms with Crippen molar-refractivity contribution in [3.63, 3.8) is 0 Å². The van der Waals surface area contributed by atoms with Crippen LogP contribution in [0.15, 0.2) is 45.6 Å². The van der Waals surface area contributed by atoms with E-state index < -0.39 is 16.5 Å². The summed E-state index contributed by atoms with van der Waals surface area (Å²) in [6.45, 7) is 5.67. The van der Waals surface area contributed by atoms with E-state index in [2.05, 4.69) is 5.32 Å². The molecule has 0 unspecified atom stereocenters. The number of hydrogen-bond acceptors (Lipinski definition) is 6. The van der Waals surface area contributed by atoms with E-state index in [1.165, 1.54) is 12.1 Å². The zero-order valence-corrected chi connectivity index (χ0v) is 15.6. The number of nitrogens with zero attached hydrogens (tertiary/aromatic N) is 1. The van der Waals surface area contributed by atoms with Gasteiger partial charge in [0.05, 0.1) is 11.5 Å². The first-order chi connectivity index (χ1) is 13.3. The number of fused-ring (bicyclic) bond motifs is 1. The summed E-state index contributed by atoms with van der Waals surface area (Å²) in [7, 11) is 0. The third-order valence-corrected chi connectivity index (χ3v) is 4.16. The van der Waals surface area contributed by atoms with Gasteiger partial charge >= 0.3 is 5.63 Å². The summed E-state index contributed by atoms with van der Waals surface area (Å²) in [5.41, 5.74) is 0.218. The number of carbonyl (C=O) groups excluding carboxylic acids is 1. The number of nitro benzene ring substituents is 1. The number of amides is 1. The molecule has 1 aromatic heterocycles. The van der Waals surface area contributed by atoms with E-state index in [0.717, 1.165) is 0 Å². The normalized spacial score (nSPS) is 10.7. The molecule has 1 N–H and O–H groups in total. The van der Waals surface area contributed by atoms with Gasteiger partial charge in [0.25, 0.3) is 11.6 Å². The van der Waals surface area contributed by atoms with E-state index in [0.29, 0.717) is 28.9 Å². The summed E-state index contributed by atoms with van der Waals surface area (Å²) in [5.74, 6) is -0.235. The van der Waals surface area contributed by atoms with Crippen molar-refractivity contribution in [3.8, 4) is 5.75 Å².